The minimum atomic E-state index is -4.84. The van der Waals surface area contributed by atoms with Crippen LogP contribution in [0.15, 0.2) is 0 Å². The van der Waals surface area contributed by atoms with E-state index in [-0.39, 0.29) is 65.7 Å². The second-order valence-corrected chi connectivity index (χ2v) is 4.91. The van der Waals surface area contributed by atoms with Crippen LogP contribution in [0.25, 0.3) is 0 Å². The Morgan fingerprint density at radius 1 is 1.30 bits per heavy atom. The Morgan fingerprint density at radius 3 is 2.25 bits per heavy atom. The Bertz CT molecular complexity index is 378. The summed E-state index contributed by atoms with van der Waals surface area (Å²) in [7, 11) is -2.36. The van der Waals surface area contributed by atoms with Crippen molar-refractivity contribution in [3.8, 4) is 0 Å². The molecule has 0 radical (unpaired) electrons. The Hall–Kier alpha value is 1.67. The summed E-state index contributed by atoms with van der Waals surface area (Å²) in [6.07, 6.45) is -4.17. The summed E-state index contributed by atoms with van der Waals surface area (Å²) in [6.45, 7) is 1.22. The van der Waals surface area contributed by atoms with E-state index in [4.69, 9.17) is 14.2 Å². The fourth-order valence-electron chi connectivity index (χ4n) is 1.58. The molecular weight excluding hydrogens is 318 g/mol. The second-order valence-electron chi connectivity index (χ2n) is 3.76. The van der Waals surface area contributed by atoms with Crippen LogP contribution in [-0.2, 0) is 33.1 Å². The number of rotatable bonds is 5. The van der Waals surface area contributed by atoms with Crippen molar-refractivity contribution >= 4 is 10.4 Å². The van der Waals surface area contributed by atoms with Crippen molar-refractivity contribution in [2.24, 2.45) is 0 Å². The molecule has 0 N–H and O–H groups in total. The fourth-order valence-corrected chi connectivity index (χ4v) is 2.15. The summed E-state index contributed by atoms with van der Waals surface area (Å²) in [6, 6.07) is 0. The predicted octanol–water partition coefficient (Wildman–Crippen LogP) is -8.95. The average Bonchev–Trinajstić information content (AvgIpc) is 2.35. The van der Waals surface area contributed by atoms with E-state index in [9.17, 15) is 18.8 Å². The normalized spacial score (nSPS) is 34.0. The van der Waals surface area contributed by atoms with Crippen molar-refractivity contribution in [2.75, 3.05) is 20.8 Å². The molecule has 1 heterocycles. The van der Waals surface area contributed by atoms with Gasteiger partial charge in [0.25, 0.3) is 0 Å². The van der Waals surface area contributed by atoms with Crippen molar-refractivity contribution in [2.45, 2.75) is 31.0 Å². The average molecular weight is 332 g/mol. The molecule has 12 heteroatoms. The van der Waals surface area contributed by atoms with Gasteiger partial charge in [0, 0.05) is 14.2 Å². The van der Waals surface area contributed by atoms with Crippen LogP contribution < -0.4 is 69.5 Å². The summed E-state index contributed by atoms with van der Waals surface area (Å²) in [5.74, 6) is -1.62. The van der Waals surface area contributed by atoms with Gasteiger partial charge < -0.3 is 28.9 Å². The van der Waals surface area contributed by atoms with Crippen molar-refractivity contribution in [3.63, 3.8) is 0 Å². The molecule has 4 unspecified atom stereocenters. The molecule has 0 amide bonds. The molecule has 0 aromatic heterocycles. The van der Waals surface area contributed by atoms with Crippen molar-refractivity contribution in [1.29, 1.82) is 0 Å². The third-order valence-corrected chi connectivity index (χ3v) is 3.34. The molecule has 4 atom stereocenters. The van der Waals surface area contributed by atoms with E-state index in [1.165, 1.54) is 21.1 Å². The monoisotopic (exact) mass is 332 g/mol. The van der Waals surface area contributed by atoms with E-state index in [0.29, 0.717) is 0 Å². The zero-order valence-electron chi connectivity index (χ0n) is 12.0. The van der Waals surface area contributed by atoms with Crippen LogP contribution in [0.2, 0.25) is 0 Å². The van der Waals surface area contributed by atoms with Crippen LogP contribution in [0.4, 0.5) is 0 Å². The summed E-state index contributed by atoms with van der Waals surface area (Å²) in [5.41, 5.74) is 0. The number of hydrogen-bond acceptors (Lipinski definition) is 9. The van der Waals surface area contributed by atoms with Crippen LogP contribution in [0.3, 0.4) is 0 Å². The Morgan fingerprint density at radius 2 is 1.85 bits per heavy atom. The van der Waals surface area contributed by atoms with Crippen molar-refractivity contribution < 1.29 is 101 Å². The van der Waals surface area contributed by atoms with E-state index in [2.05, 4.69) is 8.52 Å². The van der Waals surface area contributed by atoms with Crippen LogP contribution >= 0.6 is 0 Å². The molecule has 20 heavy (non-hydrogen) atoms. The second kappa shape index (κ2) is 9.73. The SMILES string of the molecule is COC1COC(C)(OC)C(OS(=O)(=O)O[O-])C1[O-].[Na+].[Na+]. The minimum Gasteiger partial charge on any atom is -0.848 e. The van der Waals surface area contributed by atoms with Crippen LogP contribution in [0, 0.1) is 0 Å². The quantitative estimate of drug-likeness (QED) is 0.274. The summed E-state index contributed by atoms with van der Waals surface area (Å²) in [5, 5.41) is 21.9. The van der Waals surface area contributed by atoms with Gasteiger partial charge in [0.2, 0.25) is 0 Å². The smallest absolute Gasteiger partial charge is 0.848 e. The van der Waals surface area contributed by atoms with Crippen LogP contribution in [-0.4, -0.2) is 53.3 Å². The van der Waals surface area contributed by atoms with E-state index in [1.54, 1.807) is 0 Å². The third-order valence-electron chi connectivity index (χ3n) is 2.73. The number of methoxy groups -OCH3 is 2. The third kappa shape index (κ3) is 5.70. The topological polar surface area (TPSA) is 126 Å². The molecule has 1 saturated heterocycles. The predicted molar refractivity (Wildman–Crippen MR) is 50.8 cm³/mol. The summed E-state index contributed by atoms with van der Waals surface area (Å²) >= 11 is 0. The Labute approximate surface area is 161 Å². The Balaban J connectivity index is 0. The van der Waals surface area contributed by atoms with Crippen LogP contribution in [0.1, 0.15) is 6.92 Å². The van der Waals surface area contributed by atoms with Crippen molar-refractivity contribution in [3.05, 3.63) is 0 Å². The molecule has 0 bridgehead atoms. The maximum atomic E-state index is 12.0. The van der Waals surface area contributed by atoms with E-state index >= 15 is 0 Å². The van der Waals surface area contributed by atoms with Gasteiger partial charge in [-0.25, -0.2) is 4.18 Å². The molecule has 0 spiro atoms. The van der Waals surface area contributed by atoms with Crippen molar-refractivity contribution in [1.82, 2.24) is 0 Å². The fraction of sp³-hybridized carbons (Fsp3) is 1.00. The van der Waals surface area contributed by atoms with E-state index < -0.39 is 34.5 Å². The first-order valence-electron chi connectivity index (χ1n) is 4.92. The van der Waals surface area contributed by atoms with Gasteiger partial charge in [-0.1, -0.05) is 6.10 Å². The molecule has 1 aliphatic rings. The standard InChI is InChI=1S/C8H15O9S.2Na/c1-8(14-3)7(16-18(11,12)17-10)6(9)5(13-2)4-15-8;;/h5-7,10H,4H2,1-3H3;;/q-1;2*+1/p-1. The summed E-state index contributed by atoms with van der Waals surface area (Å²) < 4.78 is 44.2. The van der Waals surface area contributed by atoms with Gasteiger partial charge in [0.15, 0.2) is 5.79 Å². The van der Waals surface area contributed by atoms with Gasteiger partial charge in [0.1, 0.15) is 6.10 Å². The minimum absolute atomic E-state index is 0. The first kappa shape index (κ1) is 23.9. The largest absolute Gasteiger partial charge is 1.00 e. The Kier molecular flexibility index (Phi) is 11.6. The van der Waals surface area contributed by atoms with E-state index in [1.807, 2.05) is 0 Å². The summed E-state index contributed by atoms with van der Waals surface area (Å²) in [4.78, 5) is 0. The van der Waals surface area contributed by atoms with Gasteiger partial charge in [-0.3, -0.25) is 0 Å². The number of ether oxygens (including phenoxy) is 3. The molecule has 0 saturated carbocycles. The maximum Gasteiger partial charge on any atom is 1.00 e. The van der Waals surface area contributed by atoms with Gasteiger partial charge >= 0.3 is 69.5 Å². The first-order chi connectivity index (χ1) is 8.29. The van der Waals surface area contributed by atoms with Gasteiger partial charge in [-0.2, -0.15) is 8.42 Å². The number of hydrogen-bond donors (Lipinski definition) is 0. The molecule has 0 aromatic carbocycles. The zero-order chi connectivity index (χ0) is 14.0. The van der Waals surface area contributed by atoms with Gasteiger partial charge in [-0.15, -0.1) is 0 Å². The van der Waals surface area contributed by atoms with Gasteiger partial charge in [0.05, 0.1) is 12.7 Å². The zero-order valence-corrected chi connectivity index (χ0v) is 16.8. The van der Waals surface area contributed by atoms with E-state index in [0.717, 1.165) is 0 Å². The molecule has 0 aliphatic carbocycles. The molecule has 1 fully saturated rings. The molecule has 108 valence electrons. The van der Waals surface area contributed by atoms with Crippen LogP contribution in [0.5, 0.6) is 0 Å². The first-order valence-corrected chi connectivity index (χ1v) is 6.25. The molecular formula is C8H14Na2O9S. The molecule has 0 aromatic rings. The van der Waals surface area contributed by atoms with Gasteiger partial charge in [-0.05, 0) is 6.92 Å². The maximum absolute atomic E-state index is 12.0. The molecule has 1 aliphatic heterocycles. The molecule has 9 nitrogen and oxygen atoms in total. The molecule has 1 rings (SSSR count).